The molecular formula is C23H17ClN2O2. The highest BCUT2D eigenvalue weighted by Crippen LogP contribution is 2.19. The minimum absolute atomic E-state index is 0.160. The van der Waals surface area contributed by atoms with Crippen LogP contribution >= 0.6 is 11.6 Å². The van der Waals surface area contributed by atoms with E-state index in [0.717, 1.165) is 16.3 Å². The minimum Gasteiger partial charge on any atom is -0.322 e. The van der Waals surface area contributed by atoms with Crippen LogP contribution < -0.4 is 10.9 Å². The number of nitrogens with one attached hydrogen (secondary N) is 1. The monoisotopic (exact) mass is 388 g/mol. The van der Waals surface area contributed by atoms with Crippen LogP contribution in [0.15, 0.2) is 89.9 Å². The Morgan fingerprint density at radius 1 is 0.929 bits per heavy atom. The molecule has 5 heteroatoms. The second-order valence-electron chi connectivity index (χ2n) is 6.49. The van der Waals surface area contributed by atoms with Crippen LogP contribution in [-0.4, -0.2) is 10.5 Å². The Hall–Kier alpha value is -3.37. The van der Waals surface area contributed by atoms with Crippen molar-refractivity contribution < 1.29 is 4.79 Å². The molecule has 0 saturated carbocycles. The highest BCUT2D eigenvalue weighted by Gasteiger charge is 2.10. The molecule has 4 aromatic rings. The molecule has 0 unspecified atom stereocenters. The molecule has 0 spiro atoms. The predicted molar refractivity (Wildman–Crippen MR) is 113 cm³/mol. The molecule has 0 atom stereocenters. The zero-order valence-corrected chi connectivity index (χ0v) is 15.7. The fraction of sp³-hybridized carbons (Fsp3) is 0.0435. The molecule has 3 aromatic carbocycles. The van der Waals surface area contributed by atoms with Crippen LogP contribution in [0.5, 0.6) is 0 Å². The van der Waals surface area contributed by atoms with Crippen LogP contribution in [0.3, 0.4) is 0 Å². The molecule has 4 rings (SSSR count). The first-order chi connectivity index (χ1) is 13.6. The van der Waals surface area contributed by atoms with E-state index in [4.69, 9.17) is 11.6 Å². The molecule has 28 heavy (non-hydrogen) atoms. The van der Waals surface area contributed by atoms with Crippen molar-refractivity contribution >= 4 is 34.0 Å². The highest BCUT2D eigenvalue weighted by molar-refractivity contribution is 6.30. The Balaban J connectivity index is 1.64. The number of benzene rings is 3. The summed E-state index contributed by atoms with van der Waals surface area (Å²) in [5, 5.41) is 5.54. The number of carbonyl (C=O) groups is 1. The molecule has 1 aromatic heterocycles. The Morgan fingerprint density at radius 3 is 2.57 bits per heavy atom. The number of pyridine rings is 1. The number of hydrogen-bond donors (Lipinski definition) is 1. The van der Waals surface area contributed by atoms with Crippen molar-refractivity contribution in [2.24, 2.45) is 0 Å². The van der Waals surface area contributed by atoms with Gasteiger partial charge in [-0.25, -0.2) is 0 Å². The van der Waals surface area contributed by atoms with E-state index < -0.39 is 0 Å². The standard InChI is InChI=1S/C23H17ClN2O2/c24-19-8-4-9-20(13-19)25-23(28)18-11-12-22(27)26(15-18)14-17-7-3-6-16-5-1-2-10-21(16)17/h1-13,15H,14H2,(H,25,28). The zero-order valence-electron chi connectivity index (χ0n) is 14.9. The quantitative estimate of drug-likeness (QED) is 0.537. The number of anilines is 1. The predicted octanol–water partition coefficient (Wildman–Crippen LogP) is 4.96. The summed E-state index contributed by atoms with van der Waals surface area (Å²) in [6.07, 6.45) is 1.59. The Labute approximate surface area is 167 Å². The number of fused-ring (bicyclic) bond motifs is 1. The van der Waals surface area contributed by atoms with Gasteiger partial charge in [-0.2, -0.15) is 0 Å². The summed E-state index contributed by atoms with van der Waals surface area (Å²) in [5.74, 6) is -0.297. The number of rotatable bonds is 4. The Kier molecular flexibility index (Phi) is 4.96. The van der Waals surface area contributed by atoms with Gasteiger partial charge in [-0.05, 0) is 40.6 Å². The first kappa shape index (κ1) is 18.0. The van der Waals surface area contributed by atoms with Crippen LogP contribution in [0.4, 0.5) is 5.69 Å². The number of carbonyl (C=O) groups excluding carboxylic acids is 1. The third kappa shape index (κ3) is 3.82. The average molecular weight is 389 g/mol. The summed E-state index contributed by atoms with van der Waals surface area (Å²) in [7, 11) is 0. The zero-order chi connectivity index (χ0) is 19.5. The van der Waals surface area contributed by atoms with Gasteiger partial charge in [0, 0.05) is 23.0 Å². The van der Waals surface area contributed by atoms with Gasteiger partial charge >= 0.3 is 0 Å². The summed E-state index contributed by atoms with van der Waals surface area (Å²) in [4.78, 5) is 24.9. The molecule has 0 radical (unpaired) electrons. The summed E-state index contributed by atoms with van der Waals surface area (Å²) in [6.45, 7) is 0.387. The second-order valence-corrected chi connectivity index (χ2v) is 6.92. The Morgan fingerprint density at radius 2 is 1.71 bits per heavy atom. The van der Waals surface area contributed by atoms with E-state index in [2.05, 4.69) is 5.32 Å². The maximum Gasteiger partial charge on any atom is 0.257 e. The number of halogens is 1. The topological polar surface area (TPSA) is 51.1 Å². The fourth-order valence-electron chi connectivity index (χ4n) is 3.17. The van der Waals surface area contributed by atoms with Crippen molar-refractivity contribution in [2.75, 3.05) is 5.32 Å². The first-order valence-corrected chi connectivity index (χ1v) is 9.22. The fourth-order valence-corrected chi connectivity index (χ4v) is 3.36. The lowest BCUT2D eigenvalue weighted by Crippen LogP contribution is -2.22. The molecule has 4 nitrogen and oxygen atoms in total. The third-order valence-corrected chi connectivity index (χ3v) is 4.78. The lowest BCUT2D eigenvalue weighted by Gasteiger charge is -2.11. The van der Waals surface area contributed by atoms with Crippen molar-refractivity contribution in [3.63, 3.8) is 0 Å². The SMILES string of the molecule is O=C(Nc1cccc(Cl)c1)c1ccc(=O)n(Cc2cccc3ccccc23)c1. The van der Waals surface area contributed by atoms with E-state index in [1.807, 2.05) is 42.5 Å². The number of hydrogen-bond acceptors (Lipinski definition) is 2. The number of nitrogens with zero attached hydrogens (tertiary/aromatic N) is 1. The van der Waals surface area contributed by atoms with Gasteiger partial charge in [-0.3, -0.25) is 9.59 Å². The second kappa shape index (κ2) is 7.71. The van der Waals surface area contributed by atoms with Gasteiger partial charge in [-0.15, -0.1) is 0 Å². The summed E-state index contributed by atoms with van der Waals surface area (Å²) in [6, 6.07) is 23.9. The largest absolute Gasteiger partial charge is 0.322 e. The van der Waals surface area contributed by atoms with E-state index in [1.165, 1.54) is 12.1 Å². The summed E-state index contributed by atoms with van der Waals surface area (Å²) >= 11 is 5.96. The molecule has 138 valence electrons. The lowest BCUT2D eigenvalue weighted by atomic mass is 10.0. The highest BCUT2D eigenvalue weighted by atomic mass is 35.5. The van der Waals surface area contributed by atoms with Gasteiger partial charge in [0.15, 0.2) is 0 Å². The van der Waals surface area contributed by atoms with Crippen LogP contribution in [0.2, 0.25) is 5.02 Å². The molecule has 0 fully saturated rings. The van der Waals surface area contributed by atoms with E-state index >= 15 is 0 Å². The van der Waals surface area contributed by atoms with Crippen molar-refractivity contribution in [2.45, 2.75) is 6.54 Å². The van der Waals surface area contributed by atoms with Crippen molar-refractivity contribution in [3.05, 3.63) is 112 Å². The van der Waals surface area contributed by atoms with E-state index in [9.17, 15) is 9.59 Å². The van der Waals surface area contributed by atoms with Gasteiger partial charge in [0.1, 0.15) is 0 Å². The molecule has 0 bridgehead atoms. The van der Waals surface area contributed by atoms with Crippen molar-refractivity contribution in [1.82, 2.24) is 4.57 Å². The van der Waals surface area contributed by atoms with E-state index in [0.29, 0.717) is 22.8 Å². The Bertz CT molecular complexity index is 1230. The van der Waals surface area contributed by atoms with E-state index in [-0.39, 0.29) is 11.5 Å². The van der Waals surface area contributed by atoms with Gasteiger partial charge in [-0.1, -0.05) is 60.1 Å². The van der Waals surface area contributed by atoms with Crippen molar-refractivity contribution in [3.8, 4) is 0 Å². The lowest BCUT2D eigenvalue weighted by molar-refractivity contribution is 0.102. The molecule has 0 aliphatic heterocycles. The molecule has 1 heterocycles. The van der Waals surface area contributed by atoms with Crippen LogP contribution in [0.1, 0.15) is 15.9 Å². The normalized spacial score (nSPS) is 10.8. The molecule has 0 saturated heterocycles. The summed E-state index contributed by atoms with van der Waals surface area (Å²) in [5.41, 5.74) is 1.86. The van der Waals surface area contributed by atoms with Gasteiger partial charge in [0.25, 0.3) is 11.5 Å². The van der Waals surface area contributed by atoms with Gasteiger partial charge < -0.3 is 9.88 Å². The molecule has 0 aliphatic carbocycles. The maximum atomic E-state index is 12.6. The third-order valence-electron chi connectivity index (χ3n) is 4.55. The average Bonchev–Trinajstić information content (AvgIpc) is 2.70. The van der Waals surface area contributed by atoms with Crippen LogP contribution in [0.25, 0.3) is 10.8 Å². The molecule has 1 N–H and O–H groups in total. The first-order valence-electron chi connectivity index (χ1n) is 8.84. The van der Waals surface area contributed by atoms with Gasteiger partial charge in [0.05, 0.1) is 12.1 Å². The molecule has 1 amide bonds. The smallest absolute Gasteiger partial charge is 0.257 e. The van der Waals surface area contributed by atoms with Gasteiger partial charge in [0.2, 0.25) is 0 Å². The van der Waals surface area contributed by atoms with Crippen LogP contribution in [-0.2, 0) is 6.54 Å². The van der Waals surface area contributed by atoms with Crippen LogP contribution in [0, 0.1) is 0 Å². The van der Waals surface area contributed by atoms with Crippen molar-refractivity contribution in [1.29, 1.82) is 0 Å². The van der Waals surface area contributed by atoms with E-state index in [1.54, 1.807) is 35.0 Å². The minimum atomic E-state index is -0.297. The molecule has 0 aliphatic rings. The number of amides is 1. The maximum absolute atomic E-state index is 12.6. The summed E-state index contributed by atoms with van der Waals surface area (Å²) < 4.78 is 1.55. The number of aromatic nitrogens is 1. The molecular weight excluding hydrogens is 372 g/mol.